The van der Waals surface area contributed by atoms with Crippen LogP contribution in [-0.4, -0.2) is 83.2 Å². The van der Waals surface area contributed by atoms with Crippen molar-refractivity contribution in [2.45, 2.75) is 51.8 Å². The summed E-state index contributed by atoms with van der Waals surface area (Å²) in [6.07, 6.45) is 0.0254. The summed E-state index contributed by atoms with van der Waals surface area (Å²) in [5.41, 5.74) is 0.155. The second-order valence-electron chi connectivity index (χ2n) is 8.46. The summed E-state index contributed by atoms with van der Waals surface area (Å²) in [6.45, 7) is 10.5. The number of morpholine rings is 1. The fourth-order valence-corrected chi connectivity index (χ4v) is 3.55. The van der Waals surface area contributed by atoms with E-state index >= 15 is 0 Å². The minimum atomic E-state index is -0.520. The molecule has 1 aromatic heterocycles. The molecule has 1 atom stereocenters. The van der Waals surface area contributed by atoms with Crippen LogP contribution in [0.4, 0.5) is 16.6 Å². The first-order valence-electron chi connectivity index (χ1n) is 9.94. The number of carbonyl (C=O) groups excluding carboxylic acids is 1. The Bertz CT molecular complexity index is 736. The number of aliphatic hydroxyl groups excluding tert-OH is 1. The molecule has 29 heavy (non-hydrogen) atoms. The van der Waals surface area contributed by atoms with E-state index in [9.17, 15) is 9.90 Å². The minimum Gasteiger partial charge on any atom is -0.444 e. The summed E-state index contributed by atoms with van der Waals surface area (Å²) in [4.78, 5) is 25.0. The number of carbonyl (C=O) groups is 1. The Morgan fingerprint density at radius 3 is 2.72 bits per heavy atom. The Morgan fingerprint density at radius 2 is 2.10 bits per heavy atom. The number of nitrogens with one attached hydrogen (secondary N) is 1. The molecular formula is C19H30ClN5O4. The standard InChI is InChI=1S/C19H30ClN5O4/c1-12-11-28-8-6-25(12)17-22-15(20)14(5-7-26)16(23-17)21-13-9-24(10-13)18(27)29-19(2,3)4/h12-13,26H,5-11H2,1-4H3,(H,21,22,23). The maximum absolute atomic E-state index is 12.1. The number of halogens is 1. The third-order valence-electron chi connectivity index (χ3n) is 4.81. The van der Waals surface area contributed by atoms with E-state index in [1.54, 1.807) is 4.90 Å². The van der Waals surface area contributed by atoms with Gasteiger partial charge in [-0.05, 0) is 27.7 Å². The first kappa shape index (κ1) is 21.9. The molecule has 2 saturated heterocycles. The number of rotatable bonds is 5. The van der Waals surface area contributed by atoms with E-state index in [0.717, 1.165) is 0 Å². The Morgan fingerprint density at radius 1 is 1.38 bits per heavy atom. The van der Waals surface area contributed by atoms with E-state index in [-0.39, 0.29) is 24.8 Å². The van der Waals surface area contributed by atoms with Crippen molar-refractivity contribution in [3.63, 3.8) is 0 Å². The lowest BCUT2D eigenvalue weighted by Crippen LogP contribution is -2.58. The van der Waals surface area contributed by atoms with Crippen LogP contribution < -0.4 is 10.2 Å². The normalized spacial score (nSPS) is 20.4. The summed E-state index contributed by atoms with van der Waals surface area (Å²) >= 11 is 6.43. The fourth-order valence-electron chi connectivity index (χ4n) is 3.29. The van der Waals surface area contributed by atoms with E-state index in [2.05, 4.69) is 22.1 Å². The third kappa shape index (κ3) is 5.40. The van der Waals surface area contributed by atoms with Crippen LogP contribution in [0.2, 0.25) is 5.15 Å². The number of aliphatic hydroxyl groups is 1. The van der Waals surface area contributed by atoms with E-state index in [1.807, 2.05) is 20.8 Å². The highest BCUT2D eigenvalue weighted by Gasteiger charge is 2.34. The van der Waals surface area contributed by atoms with Crippen LogP contribution in [0.15, 0.2) is 0 Å². The van der Waals surface area contributed by atoms with Gasteiger partial charge in [0.2, 0.25) is 5.95 Å². The Labute approximate surface area is 176 Å². The van der Waals surface area contributed by atoms with E-state index in [1.165, 1.54) is 0 Å². The van der Waals surface area contributed by atoms with Gasteiger partial charge in [0, 0.05) is 38.2 Å². The number of hydrogen-bond donors (Lipinski definition) is 2. The van der Waals surface area contributed by atoms with Crippen molar-refractivity contribution in [3.8, 4) is 0 Å². The van der Waals surface area contributed by atoms with Gasteiger partial charge in [0.1, 0.15) is 16.6 Å². The zero-order chi connectivity index (χ0) is 21.2. The number of likely N-dealkylation sites (tertiary alicyclic amines) is 1. The van der Waals surface area contributed by atoms with Gasteiger partial charge in [-0.15, -0.1) is 0 Å². The lowest BCUT2D eigenvalue weighted by molar-refractivity contribution is 0.0104. The second-order valence-corrected chi connectivity index (χ2v) is 8.82. The topological polar surface area (TPSA) is 100 Å². The van der Waals surface area contributed by atoms with Gasteiger partial charge in [0.15, 0.2) is 0 Å². The molecule has 9 nitrogen and oxygen atoms in total. The van der Waals surface area contributed by atoms with Crippen LogP contribution in [0.1, 0.15) is 33.3 Å². The number of hydrogen-bond acceptors (Lipinski definition) is 8. The van der Waals surface area contributed by atoms with Crippen LogP contribution in [0.25, 0.3) is 0 Å². The fraction of sp³-hybridized carbons (Fsp3) is 0.737. The molecule has 2 N–H and O–H groups in total. The molecule has 0 aromatic carbocycles. The van der Waals surface area contributed by atoms with E-state index in [4.69, 9.17) is 26.1 Å². The molecule has 0 bridgehead atoms. The van der Waals surface area contributed by atoms with Crippen molar-refractivity contribution in [1.29, 1.82) is 0 Å². The molecule has 1 aromatic rings. The Balaban J connectivity index is 1.71. The number of amides is 1. The molecular weight excluding hydrogens is 398 g/mol. The Kier molecular flexibility index (Phi) is 6.70. The van der Waals surface area contributed by atoms with Crippen LogP contribution in [0, 0.1) is 0 Å². The smallest absolute Gasteiger partial charge is 0.410 e. The van der Waals surface area contributed by atoms with Crippen LogP contribution >= 0.6 is 11.6 Å². The highest BCUT2D eigenvalue weighted by atomic mass is 35.5. The molecule has 1 unspecified atom stereocenters. The second kappa shape index (κ2) is 8.89. The van der Waals surface area contributed by atoms with Gasteiger partial charge < -0.3 is 29.7 Å². The van der Waals surface area contributed by atoms with E-state index < -0.39 is 5.60 Å². The van der Waals surface area contributed by atoms with Crippen LogP contribution in [-0.2, 0) is 15.9 Å². The zero-order valence-electron chi connectivity index (χ0n) is 17.4. The van der Waals surface area contributed by atoms with E-state index in [0.29, 0.717) is 61.8 Å². The molecule has 10 heteroatoms. The quantitative estimate of drug-likeness (QED) is 0.687. The first-order chi connectivity index (χ1) is 13.7. The summed E-state index contributed by atoms with van der Waals surface area (Å²) in [5.74, 6) is 1.14. The number of aromatic nitrogens is 2. The van der Waals surface area contributed by atoms with Gasteiger partial charge in [-0.3, -0.25) is 0 Å². The highest BCUT2D eigenvalue weighted by Crippen LogP contribution is 2.28. The molecule has 2 aliphatic rings. The molecule has 0 spiro atoms. The lowest BCUT2D eigenvalue weighted by Gasteiger charge is -2.40. The van der Waals surface area contributed by atoms with Crippen LogP contribution in [0.5, 0.6) is 0 Å². The number of anilines is 2. The van der Waals surface area contributed by atoms with Crippen molar-refractivity contribution in [2.24, 2.45) is 0 Å². The van der Waals surface area contributed by atoms with Crippen molar-refractivity contribution < 1.29 is 19.4 Å². The number of ether oxygens (including phenoxy) is 2. The molecule has 3 rings (SSSR count). The van der Waals surface area contributed by atoms with Crippen molar-refractivity contribution in [2.75, 3.05) is 49.7 Å². The molecule has 2 aliphatic heterocycles. The lowest BCUT2D eigenvalue weighted by atomic mass is 10.1. The highest BCUT2D eigenvalue weighted by molar-refractivity contribution is 6.30. The summed E-state index contributed by atoms with van der Waals surface area (Å²) in [7, 11) is 0. The van der Waals surface area contributed by atoms with Crippen LogP contribution in [0.3, 0.4) is 0 Å². The SMILES string of the molecule is CC1COCCN1c1nc(Cl)c(CCO)c(NC2CN(C(=O)OC(C)(C)C)C2)n1. The number of nitrogens with zero attached hydrogens (tertiary/aromatic N) is 4. The summed E-state index contributed by atoms with van der Waals surface area (Å²) < 4.78 is 10.9. The van der Waals surface area contributed by atoms with Gasteiger partial charge in [-0.1, -0.05) is 11.6 Å². The van der Waals surface area contributed by atoms with Gasteiger partial charge in [-0.2, -0.15) is 4.98 Å². The molecule has 0 saturated carbocycles. The molecule has 0 radical (unpaired) electrons. The summed E-state index contributed by atoms with van der Waals surface area (Å²) in [6, 6.07) is 0.170. The molecule has 2 fully saturated rings. The Hall–Kier alpha value is -1.84. The predicted octanol–water partition coefficient (Wildman–Crippen LogP) is 1.92. The van der Waals surface area contributed by atoms with Gasteiger partial charge in [0.25, 0.3) is 0 Å². The monoisotopic (exact) mass is 427 g/mol. The minimum absolute atomic E-state index is 0.0286. The molecule has 3 heterocycles. The third-order valence-corrected chi connectivity index (χ3v) is 5.12. The molecule has 1 amide bonds. The average molecular weight is 428 g/mol. The maximum atomic E-state index is 12.1. The van der Waals surface area contributed by atoms with Gasteiger partial charge >= 0.3 is 6.09 Å². The largest absolute Gasteiger partial charge is 0.444 e. The van der Waals surface area contributed by atoms with Crippen molar-refractivity contribution >= 4 is 29.5 Å². The molecule has 0 aliphatic carbocycles. The first-order valence-corrected chi connectivity index (χ1v) is 10.3. The van der Waals surface area contributed by atoms with Crippen molar-refractivity contribution in [1.82, 2.24) is 14.9 Å². The zero-order valence-corrected chi connectivity index (χ0v) is 18.2. The van der Waals surface area contributed by atoms with Crippen molar-refractivity contribution in [3.05, 3.63) is 10.7 Å². The van der Waals surface area contributed by atoms with Gasteiger partial charge in [0.05, 0.1) is 25.3 Å². The van der Waals surface area contributed by atoms with Gasteiger partial charge in [-0.25, -0.2) is 9.78 Å². The summed E-state index contributed by atoms with van der Waals surface area (Å²) in [5, 5.41) is 13.1. The average Bonchev–Trinajstić information content (AvgIpc) is 2.59. The maximum Gasteiger partial charge on any atom is 0.410 e. The predicted molar refractivity (Wildman–Crippen MR) is 111 cm³/mol. The molecule has 162 valence electrons.